The molecule has 24 heavy (non-hydrogen) atoms. The minimum absolute atomic E-state index is 0.151. The maximum atomic E-state index is 6.12. The molecule has 1 saturated heterocycles. The van der Waals surface area contributed by atoms with E-state index in [-0.39, 0.29) is 6.10 Å². The molecule has 0 radical (unpaired) electrons. The highest BCUT2D eigenvalue weighted by atomic mass is 35.5. The number of piperidine rings is 1. The van der Waals surface area contributed by atoms with E-state index < -0.39 is 0 Å². The van der Waals surface area contributed by atoms with E-state index in [1.165, 1.54) is 0 Å². The van der Waals surface area contributed by atoms with Crippen molar-refractivity contribution in [2.45, 2.75) is 18.9 Å². The zero-order valence-corrected chi connectivity index (χ0v) is 14.0. The van der Waals surface area contributed by atoms with Crippen LogP contribution in [0.3, 0.4) is 0 Å². The van der Waals surface area contributed by atoms with E-state index in [4.69, 9.17) is 16.3 Å². The number of rotatable bonds is 3. The topological polar surface area (TPSA) is 47.0 Å². The molecule has 0 spiro atoms. The fraction of sp³-hybridized carbons (Fsp3) is 0.263. The molecule has 1 fully saturated rings. The maximum Gasteiger partial charge on any atom is 0.241 e. The molecule has 1 unspecified atom stereocenters. The molecule has 1 aromatic heterocycles. The van der Waals surface area contributed by atoms with Gasteiger partial charge in [0.05, 0.1) is 0 Å². The summed E-state index contributed by atoms with van der Waals surface area (Å²) < 4.78 is 6.12. The Morgan fingerprint density at radius 2 is 1.79 bits per heavy atom. The van der Waals surface area contributed by atoms with Gasteiger partial charge in [0, 0.05) is 27.9 Å². The van der Waals surface area contributed by atoms with E-state index in [2.05, 4.69) is 21.6 Å². The molecule has 3 aromatic rings. The lowest BCUT2D eigenvalue weighted by Gasteiger charge is -2.23. The summed E-state index contributed by atoms with van der Waals surface area (Å²) in [7, 11) is 0. The number of ether oxygens (including phenoxy) is 1. The number of benzene rings is 2. The number of halogens is 1. The fourth-order valence-electron chi connectivity index (χ4n) is 3.07. The number of hydrogen-bond donors (Lipinski definition) is 1. The molecular formula is C19H18ClN3O. The van der Waals surface area contributed by atoms with Crippen LogP contribution in [0.15, 0.2) is 48.5 Å². The van der Waals surface area contributed by atoms with E-state index in [0.29, 0.717) is 10.9 Å². The Bertz CT molecular complexity index is 845. The smallest absolute Gasteiger partial charge is 0.241 e. The number of fused-ring (bicyclic) bond motifs is 1. The van der Waals surface area contributed by atoms with Crippen LogP contribution in [0.4, 0.5) is 0 Å². The highest BCUT2D eigenvalue weighted by molar-refractivity contribution is 6.30. The predicted octanol–water partition coefficient (Wildman–Crippen LogP) is 4.08. The first-order chi connectivity index (χ1) is 11.8. The first-order valence-electron chi connectivity index (χ1n) is 8.20. The molecule has 1 N–H and O–H groups in total. The van der Waals surface area contributed by atoms with Crippen molar-refractivity contribution in [3.8, 4) is 17.1 Å². The van der Waals surface area contributed by atoms with Crippen molar-refractivity contribution in [3.05, 3.63) is 53.6 Å². The van der Waals surface area contributed by atoms with Gasteiger partial charge in [-0.15, -0.1) is 10.2 Å². The van der Waals surface area contributed by atoms with Crippen LogP contribution in [0.2, 0.25) is 5.02 Å². The monoisotopic (exact) mass is 339 g/mol. The SMILES string of the molecule is Clc1ccc(-c2nnc(OC3CCCNC3)c3ccccc23)cc1. The zero-order chi connectivity index (χ0) is 16.4. The molecule has 2 aromatic carbocycles. The van der Waals surface area contributed by atoms with Gasteiger partial charge in [-0.2, -0.15) is 0 Å². The van der Waals surface area contributed by atoms with Crippen molar-refractivity contribution in [2.24, 2.45) is 0 Å². The summed E-state index contributed by atoms with van der Waals surface area (Å²) in [5, 5.41) is 14.9. The number of nitrogens with zero attached hydrogens (tertiary/aromatic N) is 2. The molecule has 2 heterocycles. The Kier molecular flexibility index (Phi) is 4.32. The van der Waals surface area contributed by atoms with Gasteiger partial charge in [-0.25, -0.2) is 0 Å². The van der Waals surface area contributed by atoms with Crippen LogP contribution in [0, 0.1) is 0 Å². The minimum atomic E-state index is 0.151. The highest BCUT2D eigenvalue weighted by Gasteiger charge is 2.18. The van der Waals surface area contributed by atoms with Crippen molar-refractivity contribution >= 4 is 22.4 Å². The molecule has 4 rings (SSSR count). The molecule has 1 aliphatic heterocycles. The van der Waals surface area contributed by atoms with Gasteiger partial charge in [-0.05, 0) is 37.6 Å². The summed E-state index contributed by atoms with van der Waals surface area (Å²) in [6.45, 7) is 1.91. The zero-order valence-electron chi connectivity index (χ0n) is 13.2. The molecule has 0 saturated carbocycles. The van der Waals surface area contributed by atoms with E-state index in [9.17, 15) is 0 Å². The third kappa shape index (κ3) is 3.07. The average Bonchev–Trinajstić information content (AvgIpc) is 2.64. The average molecular weight is 340 g/mol. The van der Waals surface area contributed by atoms with E-state index in [1.807, 2.05) is 42.5 Å². The normalized spacial score (nSPS) is 17.8. The van der Waals surface area contributed by atoms with Crippen LogP contribution in [0.5, 0.6) is 5.88 Å². The number of hydrogen-bond acceptors (Lipinski definition) is 4. The molecule has 0 amide bonds. The lowest BCUT2D eigenvalue weighted by atomic mass is 10.0. The van der Waals surface area contributed by atoms with Crippen LogP contribution in [-0.4, -0.2) is 29.4 Å². The molecule has 5 heteroatoms. The van der Waals surface area contributed by atoms with Gasteiger partial charge in [0.25, 0.3) is 0 Å². The molecular weight excluding hydrogens is 322 g/mol. The van der Waals surface area contributed by atoms with Crippen LogP contribution in [0.25, 0.3) is 22.0 Å². The van der Waals surface area contributed by atoms with Gasteiger partial charge < -0.3 is 10.1 Å². The molecule has 1 atom stereocenters. The summed E-state index contributed by atoms with van der Waals surface area (Å²) in [4.78, 5) is 0. The summed E-state index contributed by atoms with van der Waals surface area (Å²) in [5.41, 5.74) is 1.84. The molecule has 4 nitrogen and oxygen atoms in total. The van der Waals surface area contributed by atoms with Crippen molar-refractivity contribution in [3.63, 3.8) is 0 Å². The number of nitrogens with one attached hydrogen (secondary N) is 1. The summed E-state index contributed by atoms with van der Waals surface area (Å²) >= 11 is 5.99. The Morgan fingerprint density at radius 1 is 1.00 bits per heavy atom. The molecule has 122 valence electrons. The molecule has 0 aliphatic carbocycles. The van der Waals surface area contributed by atoms with Gasteiger partial charge in [0.15, 0.2) is 0 Å². The largest absolute Gasteiger partial charge is 0.471 e. The van der Waals surface area contributed by atoms with Crippen molar-refractivity contribution in [1.29, 1.82) is 0 Å². The Labute approximate surface area is 145 Å². The van der Waals surface area contributed by atoms with Gasteiger partial charge in [-0.3, -0.25) is 0 Å². The summed E-state index contributed by atoms with van der Waals surface area (Å²) in [6, 6.07) is 15.8. The van der Waals surface area contributed by atoms with Gasteiger partial charge in [0.1, 0.15) is 11.8 Å². The summed E-state index contributed by atoms with van der Waals surface area (Å²) in [5.74, 6) is 0.608. The standard InChI is InChI=1S/C19H18ClN3O/c20-14-9-7-13(8-10-14)18-16-5-1-2-6-17(16)19(23-22-18)24-15-4-3-11-21-12-15/h1-2,5-10,15,21H,3-4,11-12H2. The Morgan fingerprint density at radius 3 is 2.54 bits per heavy atom. The minimum Gasteiger partial charge on any atom is -0.471 e. The molecule has 1 aliphatic rings. The van der Waals surface area contributed by atoms with Gasteiger partial charge >= 0.3 is 0 Å². The quantitative estimate of drug-likeness (QED) is 0.781. The van der Waals surface area contributed by atoms with Crippen LogP contribution < -0.4 is 10.1 Å². The lowest BCUT2D eigenvalue weighted by Crippen LogP contribution is -2.37. The van der Waals surface area contributed by atoms with E-state index >= 15 is 0 Å². The third-order valence-corrected chi connectivity index (χ3v) is 4.55. The highest BCUT2D eigenvalue weighted by Crippen LogP contribution is 2.32. The van der Waals surface area contributed by atoms with Crippen molar-refractivity contribution < 1.29 is 4.74 Å². The summed E-state index contributed by atoms with van der Waals surface area (Å²) in [6.07, 6.45) is 2.32. The Balaban J connectivity index is 1.75. The predicted molar refractivity (Wildman–Crippen MR) is 96.5 cm³/mol. The van der Waals surface area contributed by atoms with E-state index in [1.54, 1.807) is 0 Å². The second-order valence-corrected chi connectivity index (χ2v) is 6.43. The lowest BCUT2D eigenvalue weighted by molar-refractivity contribution is 0.161. The van der Waals surface area contributed by atoms with Crippen LogP contribution in [-0.2, 0) is 0 Å². The maximum absolute atomic E-state index is 6.12. The van der Waals surface area contributed by atoms with Crippen molar-refractivity contribution in [1.82, 2.24) is 15.5 Å². The van der Waals surface area contributed by atoms with Gasteiger partial charge in [0.2, 0.25) is 5.88 Å². The van der Waals surface area contributed by atoms with Gasteiger partial charge in [-0.1, -0.05) is 41.9 Å². The Hall–Kier alpha value is -2.17. The second-order valence-electron chi connectivity index (χ2n) is 5.99. The van der Waals surface area contributed by atoms with E-state index in [0.717, 1.165) is 48.0 Å². The van der Waals surface area contributed by atoms with Crippen LogP contribution >= 0.6 is 11.6 Å². The third-order valence-electron chi connectivity index (χ3n) is 4.30. The molecule has 0 bridgehead atoms. The van der Waals surface area contributed by atoms with Crippen molar-refractivity contribution in [2.75, 3.05) is 13.1 Å². The van der Waals surface area contributed by atoms with Crippen LogP contribution in [0.1, 0.15) is 12.8 Å². The second kappa shape index (κ2) is 6.75. The number of aromatic nitrogens is 2. The first kappa shape index (κ1) is 15.4. The fourth-order valence-corrected chi connectivity index (χ4v) is 3.19. The first-order valence-corrected chi connectivity index (χ1v) is 8.58.